The van der Waals surface area contributed by atoms with Crippen molar-refractivity contribution in [2.75, 3.05) is 13.1 Å². The van der Waals surface area contributed by atoms with E-state index >= 15 is 0 Å². The SMILES string of the molecule is CC1CC(C(=O)NCCCC(=O)O)CCN1. The second-order valence-corrected chi connectivity index (χ2v) is 4.36. The lowest BCUT2D eigenvalue weighted by atomic mass is 9.92. The third-order valence-electron chi connectivity index (χ3n) is 2.86. The van der Waals surface area contributed by atoms with Crippen LogP contribution < -0.4 is 10.6 Å². The molecule has 1 amide bonds. The van der Waals surface area contributed by atoms with Gasteiger partial charge in [-0.15, -0.1) is 0 Å². The van der Waals surface area contributed by atoms with Gasteiger partial charge in [0.25, 0.3) is 0 Å². The molecule has 2 unspecified atom stereocenters. The number of hydrogen-bond acceptors (Lipinski definition) is 3. The summed E-state index contributed by atoms with van der Waals surface area (Å²) in [4.78, 5) is 22.0. The molecule has 0 aromatic carbocycles. The maximum Gasteiger partial charge on any atom is 0.303 e. The largest absolute Gasteiger partial charge is 0.481 e. The zero-order chi connectivity index (χ0) is 12.0. The second kappa shape index (κ2) is 6.48. The molecule has 0 bridgehead atoms. The van der Waals surface area contributed by atoms with Crippen LogP contribution in [-0.4, -0.2) is 36.1 Å². The van der Waals surface area contributed by atoms with E-state index in [2.05, 4.69) is 17.6 Å². The van der Waals surface area contributed by atoms with E-state index in [-0.39, 0.29) is 18.2 Å². The van der Waals surface area contributed by atoms with Crippen molar-refractivity contribution in [3.05, 3.63) is 0 Å². The van der Waals surface area contributed by atoms with Gasteiger partial charge in [0, 0.05) is 24.9 Å². The zero-order valence-corrected chi connectivity index (χ0v) is 9.66. The molecule has 5 heteroatoms. The lowest BCUT2D eigenvalue weighted by Crippen LogP contribution is -2.42. The molecule has 5 nitrogen and oxygen atoms in total. The minimum atomic E-state index is -0.815. The number of amides is 1. The van der Waals surface area contributed by atoms with Gasteiger partial charge in [0.1, 0.15) is 0 Å². The summed E-state index contributed by atoms with van der Waals surface area (Å²) in [6, 6.07) is 0.392. The van der Waals surface area contributed by atoms with Crippen molar-refractivity contribution in [2.24, 2.45) is 5.92 Å². The van der Waals surface area contributed by atoms with E-state index in [4.69, 9.17) is 5.11 Å². The molecule has 0 saturated carbocycles. The van der Waals surface area contributed by atoms with Gasteiger partial charge < -0.3 is 15.7 Å². The monoisotopic (exact) mass is 228 g/mol. The Kier molecular flexibility index (Phi) is 5.25. The molecule has 1 aliphatic heterocycles. The molecule has 92 valence electrons. The van der Waals surface area contributed by atoms with E-state index in [1.165, 1.54) is 0 Å². The molecule has 1 saturated heterocycles. The van der Waals surface area contributed by atoms with Gasteiger partial charge in [-0.25, -0.2) is 0 Å². The molecule has 16 heavy (non-hydrogen) atoms. The molecule has 0 radical (unpaired) electrons. The van der Waals surface area contributed by atoms with Gasteiger partial charge in [0.2, 0.25) is 5.91 Å². The van der Waals surface area contributed by atoms with Gasteiger partial charge in [-0.1, -0.05) is 0 Å². The number of piperidine rings is 1. The van der Waals surface area contributed by atoms with Crippen LogP contribution in [0.5, 0.6) is 0 Å². The van der Waals surface area contributed by atoms with Gasteiger partial charge >= 0.3 is 5.97 Å². The van der Waals surface area contributed by atoms with Crippen molar-refractivity contribution in [3.63, 3.8) is 0 Å². The molecule has 1 heterocycles. The van der Waals surface area contributed by atoms with E-state index in [0.717, 1.165) is 19.4 Å². The Labute approximate surface area is 95.6 Å². The highest BCUT2D eigenvalue weighted by molar-refractivity contribution is 5.78. The molecule has 1 fully saturated rings. The summed E-state index contributed by atoms with van der Waals surface area (Å²) in [5, 5.41) is 14.5. The van der Waals surface area contributed by atoms with Crippen LogP contribution in [-0.2, 0) is 9.59 Å². The number of aliphatic carboxylic acids is 1. The molecule has 0 aromatic rings. The molecule has 3 N–H and O–H groups in total. The molecule has 0 aromatic heterocycles. The number of carboxylic acid groups (broad SMARTS) is 1. The quantitative estimate of drug-likeness (QED) is 0.593. The van der Waals surface area contributed by atoms with Crippen molar-refractivity contribution < 1.29 is 14.7 Å². The average molecular weight is 228 g/mol. The highest BCUT2D eigenvalue weighted by Gasteiger charge is 2.24. The fourth-order valence-electron chi connectivity index (χ4n) is 1.97. The summed E-state index contributed by atoms with van der Waals surface area (Å²) in [5.41, 5.74) is 0. The summed E-state index contributed by atoms with van der Waals surface area (Å²) >= 11 is 0. The zero-order valence-electron chi connectivity index (χ0n) is 9.66. The lowest BCUT2D eigenvalue weighted by molar-refractivity contribution is -0.137. The van der Waals surface area contributed by atoms with Crippen LogP contribution in [0.15, 0.2) is 0 Å². The van der Waals surface area contributed by atoms with Crippen molar-refractivity contribution >= 4 is 11.9 Å². The van der Waals surface area contributed by atoms with E-state index < -0.39 is 5.97 Å². The molecule has 1 aliphatic rings. The molecular weight excluding hydrogens is 208 g/mol. The molecule has 0 aliphatic carbocycles. The van der Waals surface area contributed by atoms with E-state index in [1.807, 2.05) is 0 Å². The fraction of sp³-hybridized carbons (Fsp3) is 0.818. The number of hydrogen-bond donors (Lipinski definition) is 3. The minimum absolute atomic E-state index is 0.0683. The highest BCUT2D eigenvalue weighted by atomic mass is 16.4. The normalized spacial score (nSPS) is 25.1. The summed E-state index contributed by atoms with van der Waals surface area (Å²) < 4.78 is 0. The van der Waals surface area contributed by atoms with Crippen LogP contribution in [0, 0.1) is 5.92 Å². The first-order valence-electron chi connectivity index (χ1n) is 5.82. The number of rotatable bonds is 5. The number of carbonyl (C=O) groups is 2. The Morgan fingerprint density at radius 2 is 2.25 bits per heavy atom. The first-order chi connectivity index (χ1) is 7.59. The first-order valence-corrected chi connectivity index (χ1v) is 5.82. The van der Waals surface area contributed by atoms with Crippen LogP contribution >= 0.6 is 0 Å². The lowest BCUT2D eigenvalue weighted by Gasteiger charge is -2.27. The van der Waals surface area contributed by atoms with E-state index in [0.29, 0.717) is 19.0 Å². The predicted molar refractivity (Wildman–Crippen MR) is 60.1 cm³/mol. The minimum Gasteiger partial charge on any atom is -0.481 e. The van der Waals surface area contributed by atoms with Crippen molar-refractivity contribution in [2.45, 2.75) is 38.6 Å². The number of carbonyl (C=O) groups excluding carboxylic acids is 1. The van der Waals surface area contributed by atoms with Crippen molar-refractivity contribution in [1.82, 2.24) is 10.6 Å². The standard InChI is InChI=1S/C11H20N2O3/c1-8-7-9(4-6-12-8)11(16)13-5-2-3-10(14)15/h8-9,12H,2-7H2,1H3,(H,13,16)(H,14,15). The maximum absolute atomic E-state index is 11.7. The van der Waals surface area contributed by atoms with Gasteiger partial charge in [0.05, 0.1) is 0 Å². The number of nitrogens with one attached hydrogen (secondary N) is 2. The topological polar surface area (TPSA) is 78.4 Å². The Morgan fingerprint density at radius 3 is 2.88 bits per heavy atom. The molecule has 2 atom stereocenters. The summed E-state index contributed by atoms with van der Waals surface area (Å²) in [7, 11) is 0. The van der Waals surface area contributed by atoms with E-state index in [9.17, 15) is 9.59 Å². The smallest absolute Gasteiger partial charge is 0.303 e. The molecular formula is C11H20N2O3. The Balaban J connectivity index is 2.16. The van der Waals surface area contributed by atoms with Crippen LogP contribution in [0.25, 0.3) is 0 Å². The Bertz CT molecular complexity index is 256. The van der Waals surface area contributed by atoms with Gasteiger partial charge in [-0.3, -0.25) is 9.59 Å². The summed E-state index contributed by atoms with van der Waals surface area (Å²) in [6.07, 6.45) is 2.35. The highest BCUT2D eigenvalue weighted by Crippen LogP contribution is 2.15. The van der Waals surface area contributed by atoms with Crippen LogP contribution in [0.3, 0.4) is 0 Å². The Hall–Kier alpha value is -1.10. The van der Waals surface area contributed by atoms with Gasteiger partial charge in [-0.2, -0.15) is 0 Å². The maximum atomic E-state index is 11.7. The second-order valence-electron chi connectivity index (χ2n) is 4.36. The van der Waals surface area contributed by atoms with Crippen LogP contribution in [0.2, 0.25) is 0 Å². The molecule has 0 spiro atoms. The summed E-state index contributed by atoms with van der Waals surface area (Å²) in [5.74, 6) is -0.662. The fourth-order valence-corrected chi connectivity index (χ4v) is 1.97. The van der Waals surface area contributed by atoms with E-state index in [1.54, 1.807) is 0 Å². The van der Waals surface area contributed by atoms with Gasteiger partial charge in [-0.05, 0) is 32.7 Å². The van der Waals surface area contributed by atoms with Crippen LogP contribution in [0.4, 0.5) is 0 Å². The predicted octanol–water partition coefficient (Wildman–Crippen LogP) is 0.356. The first kappa shape index (κ1) is 13.0. The third-order valence-corrected chi connectivity index (χ3v) is 2.86. The summed E-state index contributed by atoms with van der Waals surface area (Å²) in [6.45, 7) is 3.42. The van der Waals surface area contributed by atoms with Crippen molar-refractivity contribution in [1.29, 1.82) is 0 Å². The Morgan fingerprint density at radius 1 is 1.50 bits per heavy atom. The van der Waals surface area contributed by atoms with Crippen molar-refractivity contribution in [3.8, 4) is 0 Å². The van der Waals surface area contributed by atoms with Crippen LogP contribution in [0.1, 0.15) is 32.6 Å². The number of carboxylic acids is 1. The third kappa shape index (κ3) is 4.61. The average Bonchev–Trinajstić information content (AvgIpc) is 2.24. The van der Waals surface area contributed by atoms with Gasteiger partial charge in [0.15, 0.2) is 0 Å². The molecule has 1 rings (SSSR count).